The lowest BCUT2D eigenvalue weighted by Gasteiger charge is -2.20. The van der Waals surface area contributed by atoms with Crippen molar-refractivity contribution in [3.63, 3.8) is 0 Å². The van der Waals surface area contributed by atoms with Crippen molar-refractivity contribution in [3.05, 3.63) is 136 Å². The van der Waals surface area contributed by atoms with Crippen molar-refractivity contribution in [1.82, 2.24) is 0 Å². The Hall–Kier alpha value is -5.55. The molecule has 0 unspecified atom stereocenters. The van der Waals surface area contributed by atoms with Crippen molar-refractivity contribution < 1.29 is 19.5 Å². The number of hydrogen-bond donors (Lipinski definition) is 1. The number of hydrogen-bond acceptors (Lipinski definition) is 4. The normalized spacial score (nSPS) is 11.5. The van der Waals surface area contributed by atoms with Gasteiger partial charge in [-0.2, -0.15) is 0 Å². The molecule has 5 nitrogen and oxygen atoms in total. The molecule has 0 aliphatic rings. The van der Waals surface area contributed by atoms with Crippen LogP contribution in [0.4, 0.5) is 5.69 Å². The van der Waals surface area contributed by atoms with Crippen LogP contribution in [0, 0.1) is 20.8 Å². The molecule has 0 fully saturated rings. The lowest BCUT2D eigenvalue weighted by atomic mass is 9.83. The molecule has 5 heteroatoms. The van der Waals surface area contributed by atoms with Gasteiger partial charge in [0.05, 0.1) is 5.97 Å². The van der Waals surface area contributed by atoms with Crippen molar-refractivity contribution in [2.24, 2.45) is 0 Å². The predicted molar refractivity (Wildman–Crippen MR) is 175 cm³/mol. The zero-order valence-corrected chi connectivity index (χ0v) is 24.6. The van der Waals surface area contributed by atoms with Gasteiger partial charge in [-0.3, -0.25) is 9.59 Å². The maximum atomic E-state index is 13.7. The van der Waals surface area contributed by atoms with E-state index in [1.807, 2.05) is 99.6 Å². The van der Waals surface area contributed by atoms with Crippen LogP contribution < -0.4 is 10.4 Å². The Kier molecular flexibility index (Phi) is 6.40. The van der Waals surface area contributed by atoms with E-state index in [0.717, 1.165) is 54.6 Å². The first-order valence-electron chi connectivity index (χ1n) is 14.6. The van der Waals surface area contributed by atoms with Gasteiger partial charge in [0.15, 0.2) is 5.78 Å². The molecule has 0 aliphatic heterocycles. The molecule has 0 bridgehead atoms. The largest absolute Gasteiger partial charge is 0.545 e. The van der Waals surface area contributed by atoms with Gasteiger partial charge in [-0.05, 0) is 87.8 Å². The second-order valence-electron chi connectivity index (χ2n) is 11.6. The summed E-state index contributed by atoms with van der Waals surface area (Å²) in [5, 5.41) is 21.7. The summed E-state index contributed by atoms with van der Waals surface area (Å²) < 4.78 is 0. The molecule has 0 saturated heterocycles. The van der Waals surface area contributed by atoms with E-state index in [1.54, 1.807) is 12.1 Å². The molecule has 1 amide bonds. The van der Waals surface area contributed by atoms with Crippen LogP contribution in [0.15, 0.2) is 97.1 Å². The summed E-state index contributed by atoms with van der Waals surface area (Å²) in [6, 6.07) is 30.1. The topological polar surface area (TPSA) is 86.3 Å². The fourth-order valence-electron chi connectivity index (χ4n) is 6.47. The first kappa shape index (κ1) is 27.3. The minimum absolute atomic E-state index is 0.0150. The summed E-state index contributed by atoms with van der Waals surface area (Å²) in [5.74, 6) is -1.70. The van der Waals surface area contributed by atoms with Crippen molar-refractivity contribution >= 4 is 66.4 Å². The van der Waals surface area contributed by atoms with E-state index in [9.17, 15) is 19.5 Å². The number of rotatable bonds is 6. The Morgan fingerprint density at radius 2 is 1.05 bits per heavy atom. The van der Waals surface area contributed by atoms with Crippen molar-refractivity contribution in [3.8, 4) is 0 Å². The molecule has 0 heterocycles. The van der Waals surface area contributed by atoms with Crippen LogP contribution in [0.1, 0.15) is 53.3 Å². The zero-order valence-electron chi connectivity index (χ0n) is 24.6. The fourth-order valence-corrected chi connectivity index (χ4v) is 6.47. The number of aromatic carboxylic acids is 1. The van der Waals surface area contributed by atoms with Crippen LogP contribution in [-0.2, 0) is 6.42 Å². The number of aryl methyl sites for hydroxylation is 3. The van der Waals surface area contributed by atoms with Gasteiger partial charge in [0.1, 0.15) is 0 Å². The molecule has 0 atom stereocenters. The van der Waals surface area contributed by atoms with Crippen molar-refractivity contribution in [2.45, 2.75) is 27.2 Å². The van der Waals surface area contributed by atoms with Crippen LogP contribution >= 0.6 is 0 Å². The van der Waals surface area contributed by atoms with E-state index < -0.39 is 5.97 Å². The monoisotopic (exact) mass is 574 g/mol. The molecular weight excluding hydrogens is 546 g/mol. The van der Waals surface area contributed by atoms with Gasteiger partial charge in [-0.15, -0.1) is 0 Å². The minimum Gasteiger partial charge on any atom is -0.545 e. The van der Waals surface area contributed by atoms with Crippen molar-refractivity contribution in [1.29, 1.82) is 0 Å². The first-order chi connectivity index (χ1) is 21.2. The molecule has 1 N–H and O–H groups in total. The Bertz CT molecular complexity index is 2280. The first-order valence-corrected chi connectivity index (χ1v) is 14.6. The van der Waals surface area contributed by atoms with Gasteiger partial charge in [0.25, 0.3) is 5.91 Å². The summed E-state index contributed by atoms with van der Waals surface area (Å²) in [6.45, 7) is 5.98. The number of carboxylic acids is 1. The van der Waals surface area contributed by atoms with Crippen LogP contribution in [0.2, 0.25) is 0 Å². The molecule has 0 spiro atoms. The Morgan fingerprint density at radius 3 is 1.64 bits per heavy atom. The summed E-state index contributed by atoms with van der Waals surface area (Å²) in [6.07, 6.45) is 0.149. The third-order valence-electron chi connectivity index (χ3n) is 8.67. The SMILES string of the molecule is Cc1ccc(CC(=O)c2ccc3c4ccc(C)c5c(C(=O)Nc6ccc(C)cc6)ccc(c6ccc(C(=O)[O-])c2c63)c54)cc1. The number of fused-ring (bicyclic) bond motifs is 2. The van der Waals surface area contributed by atoms with E-state index in [0.29, 0.717) is 27.6 Å². The predicted octanol–water partition coefficient (Wildman–Crippen LogP) is 7.70. The highest BCUT2D eigenvalue weighted by molar-refractivity contribution is 6.37. The third kappa shape index (κ3) is 4.36. The van der Waals surface area contributed by atoms with E-state index in [1.165, 1.54) is 6.07 Å². The molecule has 7 rings (SSSR count). The molecule has 0 aromatic heterocycles. The maximum Gasteiger partial charge on any atom is 0.256 e. The number of Topliss-reactive ketones (excluding diaryl/α,β-unsaturated/α-hetero) is 1. The van der Waals surface area contributed by atoms with Crippen molar-refractivity contribution in [2.75, 3.05) is 5.32 Å². The number of anilines is 1. The third-order valence-corrected chi connectivity index (χ3v) is 8.67. The number of amides is 1. The van der Waals surface area contributed by atoms with Crippen LogP contribution in [-0.4, -0.2) is 17.7 Å². The Labute approximate surface area is 254 Å². The lowest BCUT2D eigenvalue weighted by molar-refractivity contribution is -0.254. The minimum atomic E-state index is -1.33. The second kappa shape index (κ2) is 10.3. The average molecular weight is 575 g/mol. The van der Waals surface area contributed by atoms with E-state index >= 15 is 0 Å². The molecule has 7 aromatic carbocycles. The Balaban J connectivity index is 1.47. The summed E-state index contributed by atoms with van der Waals surface area (Å²) in [7, 11) is 0. The number of benzene rings is 7. The zero-order chi connectivity index (χ0) is 30.7. The Morgan fingerprint density at radius 1 is 0.545 bits per heavy atom. The number of carbonyl (C=O) groups excluding carboxylic acids is 3. The highest BCUT2D eigenvalue weighted by atomic mass is 16.4. The summed E-state index contributed by atoms with van der Waals surface area (Å²) in [5.41, 5.74) is 5.63. The lowest BCUT2D eigenvalue weighted by Crippen LogP contribution is -2.23. The fraction of sp³-hybridized carbons (Fsp3) is 0.103. The molecular formula is C39H28NO4-. The van der Waals surface area contributed by atoms with E-state index in [2.05, 4.69) is 5.32 Å². The molecule has 0 saturated carbocycles. The second-order valence-corrected chi connectivity index (χ2v) is 11.6. The van der Waals surface area contributed by atoms with Crippen LogP contribution in [0.3, 0.4) is 0 Å². The number of nitrogens with one attached hydrogen (secondary N) is 1. The highest BCUT2D eigenvalue weighted by Gasteiger charge is 2.23. The molecule has 44 heavy (non-hydrogen) atoms. The van der Waals surface area contributed by atoms with Gasteiger partial charge in [-0.25, -0.2) is 0 Å². The quantitative estimate of drug-likeness (QED) is 0.125. The van der Waals surface area contributed by atoms with Gasteiger partial charge in [0, 0.05) is 34.2 Å². The van der Waals surface area contributed by atoms with Gasteiger partial charge in [-0.1, -0.05) is 90.0 Å². The van der Waals surface area contributed by atoms with Crippen LogP contribution in [0.25, 0.3) is 43.1 Å². The van der Waals surface area contributed by atoms with Gasteiger partial charge in [0.2, 0.25) is 0 Å². The summed E-state index contributed by atoms with van der Waals surface area (Å²) >= 11 is 0. The maximum absolute atomic E-state index is 13.7. The molecule has 0 radical (unpaired) electrons. The molecule has 7 aromatic rings. The van der Waals surface area contributed by atoms with Gasteiger partial charge >= 0.3 is 0 Å². The average Bonchev–Trinajstić information content (AvgIpc) is 3.02. The molecule has 214 valence electrons. The summed E-state index contributed by atoms with van der Waals surface area (Å²) in [4.78, 5) is 39.8. The van der Waals surface area contributed by atoms with E-state index in [4.69, 9.17) is 0 Å². The number of carbonyl (C=O) groups is 3. The van der Waals surface area contributed by atoms with Crippen LogP contribution in [0.5, 0.6) is 0 Å². The molecule has 0 aliphatic carbocycles. The van der Waals surface area contributed by atoms with E-state index in [-0.39, 0.29) is 23.7 Å². The van der Waals surface area contributed by atoms with Gasteiger partial charge < -0.3 is 15.2 Å². The smallest absolute Gasteiger partial charge is 0.256 e. The highest BCUT2D eigenvalue weighted by Crippen LogP contribution is 2.44. The number of ketones is 1. The standard InChI is InChI=1S/C39H29NO4/c1-21-4-9-24(10-5-21)20-33(41)30-17-14-28-26-13-8-23(3)34-31(38(42)40-25-11-6-22(2)7-12-25)18-15-27(35(26)34)29-16-19-32(39(43)44)37(30)36(28)29/h4-19H,20H2,1-3H3,(H,40,42)(H,43,44)/p-1. The number of carboxylic acid groups (broad SMARTS) is 1.